The van der Waals surface area contributed by atoms with Crippen LogP contribution in [0.15, 0.2) is 29.0 Å². The highest BCUT2D eigenvalue weighted by atomic mass is 16.5. The van der Waals surface area contributed by atoms with Crippen LogP contribution >= 0.6 is 0 Å². The summed E-state index contributed by atoms with van der Waals surface area (Å²) in [4.78, 5) is 15.5. The molecule has 3 rings (SSSR count). The minimum absolute atomic E-state index is 0.259. The maximum Gasteiger partial charge on any atom is 0.232 e. The molecule has 0 spiro atoms. The molecule has 17 heavy (non-hydrogen) atoms. The number of H-pyrrole nitrogens is 1. The molecule has 0 atom stereocenters. The molecule has 0 saturated carbocycles. The zero-order chi connectivity index (χ0) is 11.7. The van der Waals surface area contributed by atoms with Gasteiger partial charge in [0, 0.05) is 6.07 Å². The largest absolute Gasteiger partial charge is 0.468 e. The smallest absolute Gasteiger partial charge is 0.232 e. The Labute approximate surface area is 96.7 Å². The molecule has 6 nitrogen and oxygen atoms in total. The maximum absolute atomic E-state index is 5.45. The quantitative estimate of drug-likeness (QED) is 0.742. The summed E-state index contributed by atoms with van der Waals surface area (Å²) in [6, 6.07) is 3.66. The number of rotatable bonds is 3. The first-order chi connectivity index (χ1) is 8.31. The first kappa shape index (κ1) is 9.83. The van der Waals surface area contributed by atoms with E-state index in [1.807, 2.05) is 13.0 Å². The number of ether oxygens (including phenoxy) is 1. The SMILES string of the molecule is Cc1nc2nc(OCc3ncco3)ccc2[nH]1. The van der Waals surface area contributed by atoms with Crippen LogP contribution in [0.25, 0.3) is 11.2 Å². The van der Waals surface area contributed by atoms with Crippen molar-refractivity contribution in [3.63, 3.8) is 0 Å². The van der Waals surface area contributed by atoms with E-state index in [9.17, 15) is 0 Å². The number of hydrogen-bond donors (Lipinski definition) is 1. The second-order valence-corrected chi connectivity index (χ2v) is 3.56. The Bertz CT molecular complexity index is 630. The van der Waals surface area contributed by atoms with Crippen molar-refractivity contribution in [3.05, 3.63) is 36.3 Å². The number of nitrogens with zero attached hydrogens (tertiary/aromatic N) is 3. The third kappa shape index (κ3) is 1.96. The molecule has 0 saturated heterocycles. The first-order valence-corrected chi connectivity index (χ1v) is 5.16. The normalized spacial score (nSPS) is 10.9. The lowest BCUT2D eigenvalue weighted by atomic mass is 10.4. The molecule has 0 amide bonds. The van der Waals surface area contributed by atoms with E-state index >= 15 is 0 Å². The summed E-state index contributed by atoms with van der Waals surface area (Å²) < 4.78 is 10.5. The predicted molar refractivity (Wildman–Crippen MR) is 59.5 cm³/mol. The van der Waals surface area contributed by atoms with Crippen LogP contribution in [-0.2, 0) is 6.61 Å². The average molecular weight is 230 g/mol. The first-order valence-electron chi connectivity index (χ1n) is 5.16. The third-order valence-electron chi connectivity index (χ3n) is 2.27. The molecule has 3 heterocycles. The number of oxazole rings is 1. The van der Waals surface area contributed by atoms with Crippen LogP contribution in [0.5, 0.6) is 5.88 Å². The van der Waals surface area contributed by atoms with Crippen molar-refractivity contribution < 1.29 is 9.15 Å². The molecule has 0 aliphatic carbocycles. The van der Waals surface area contributed by atoms with Gasteiger partial charge < -0.3 is 14.1 Å². The van der Waals surface area contributed by atoms with E-state index in [4.69, 9.17) is 9.15 Å². The van der Waals surface area contributed by atoms with Crippen molar-refractivity contribution >= 4 is 11.2 Å². The fourth-order valence-corrected chi connectivity index (χ4v) is 1.54. The summed E-state index contributed by atoms with van der Waals surface area (Å²) in [5.41, 5.74) is 1.54. The number of fused-ring (bicyclic) bond motifs is 1. The Hall–Kier alpha value is -2.37. The van der Waals surface area contributed by atoms with Gasteiger partial charge in [-0.25, -0.2) is 9.97 Å². The Morgan fingerprint density at radius 2 is 2.29 bits per heavy atom. The van der Waals surface area contributed by atoms with Crippen molar-refractivity contribution in [1.82, 2.24) is 19.9 Å². The van der Waals surface area contributed by atoms with Crippen LogP contribution in [0.2, 0.25) is 0 Å². The van der Waals surface area contributed by atoms with Crippen molar-refractivity contribution in [2.75, 3.05) is 0 Å². The van der Waals surface area contributed by atoms with Crippen molar-refractivity contribution in [1.29, 1.82) is 0 Å². The molecule has 0 aliphatic rings. The minimum Gasteiger partial charge on any atom is -0.468 e. The lowest BCUT2D eigenvalue weighted by Crippen LogP contribution is -1.97. The van der Waals surface area contributed by atoms with Crippen LogP contribution < -0.4 is 4.74 Å². The van der Waals surface area contributed by atoms with E-state index < -0.39 is 0 Å². The molecular weight excluding hydrogens is 220 g/mol. The number of aromatic amines is 1. The number of aryl methyl sites for hydroxylation is 1. The molecule has 0 aliphatic heterocycles. The molecule has 6 heteroatoms. The van der Waals surface area contributed by atoms with Gasteiger partial charge in [-0.3, -0.25) is 0 Å². The standard InChI is InChI=1S/C11H10N4O2/c1-7-13-8-2-3-9(15-11(8)14-7)17-6-10-12-4-5-16-10/h2-5H,6H2,1H3,(H,13,14,15). The van der Waals surface area contributed by atoms with Crippen LogP contribution in [0.3, 0.4) is 0 Å². The van der Waals surface area contributed by atoms with Crippen LogP contribution in [0.4, 0.5) is 0 Å². The maximum atomic E-state index is 5.45. The fourth-order valence-electron chi connectivity index (χ4n) is 1.54. The number of pyridine rings is 1. The van der Waals surface area contributed by atoms with Gasteiger partial charge in [0.1, 0.15) is 12.1 Å². The molecule has 1 N–H and O–H groups in total. The van der Waals surface area contributed by atoms with Gasteiger partial charge in [-0.1, -0.05) is 0 Å². The Balaban J connectivity index is 1.81. The second kappa shape index (κ2) is 3.89. The summed E-state index contributed by atoms with van der Waals surface area (Å²) in [6.07, 6.45) is 3.08. The number of hydrogen-bond acceptors (Lipinski definition) is 5. The lowest BCUT2D eigenvalue weighted by molar-refractivity contribution is 0.254. The van der Waals surface area contributed by atoms with Crippen molar-refractivity contribution in [3.8, 4) is 5.88 Å². The summed E-state index contributed by atoms with van der Waals surface area (Å²) in [5.74, 6) is 1.85. The van der Waals surface area contributed by atoms with Crippen LogP contribution in [-0.4, -0.2) is 19.9 Å². The zero-order valence-electron chi connectivity index (χ0n) is 9.17. The molecular formula is C11H10N4O2. The highest BCUT2D eigenvalue weighted by molar-refractivity contribution is 5.71. The average Bonchev–Trinajstić information content (AvgIpc) is 2.92. The molecule has 3 aromatic heterocycles. The summed E-state index contributed by atoms with van der Waals surface area (Å²) in [7, 11) is 0. The molecule has 0 radical (unpaired) electrons. The molecule has 0 aromatic carbocycles. The minimum atomic E-state index is 0.259. The molecule has 86 valence electrons. The Morgan fingerprint density at radius 1 is 1.35 bits per heavy atom. The molecule has 0 unspecified atom stereocenters. The van der Waals surface area contributed by atoms with Gasteiger partial charge in [-0.2, -0.15) is 4.98 Å². The topological polar surface area (TPSA) is 76.8 Å². The summed E-state index contributed by atoms with van der Waals surface area (Å²) in [6.45, 7) is 2.14. The van der Waals surface area contributed by atoms with Crippen LogP contribution in [0.1, 0.15) is 11.7 Å². The van der Waals surface area contributed by atoms with Gasteiger partial charge in [-0.15, -0.1) is 0 Å². The summed E-state index contributed by atoms with van der Waals surface area (Å²) >= 11 is 0. The molecule has 3 aromatic rings. The second-order valence-electron chi connectivity index (χ2n) is 3.56. The van der Waals surface area contributed by atoms with E-state index in [1.165, 1.54) is 6.26 Å². The zero-order valence-corrected chi connectivity index (χ0v) is 9.17. The van der Waals surface area contributed by atoms with Crippen LogP contribution in [0, 0.1) is 6.92 Å². The highest BCUT2D eigenvalue weighted by Crippen LogP contribution is 2.15. The molecule has 0 bridgehead atoms. The van der Waals surface area contributed by atoms with Gasteiger partial charge in [0.2, 0.25) is 11.8 Å². The van der Waals surface area contributed by atoms with Gasteiger partial charge >= 0.3 is 0 Å². The lowest BCUT2D eigenvalue weighted by Gasteiger charge is -2.01. The molecule has 0 fully saturated rings. The van der Waals surface area contributed by atoms with E-state index in [1.54, 1.807) is 12.3 Å². The fraction of sp³-hybridized carbons (Fsp3) is 0.182. The van der Waals surface area contributed by atoms with Gasteiger partial charge in [0.05, 0.1) is 11.7 Å². The Morgan fingerprint density at radius 3 is 3.12 bits per heavy atom. The van der Waals surface area contributed by atoms with E-state index in [0.717, 1.165) is 11.3 Å². The predicted octanol–water partition coefficient (Wildman–Crippen LogP) is 1.83. The van der Waals surface area contributed by atoms with E-state index in [-0.39, 0.29) is 6.61 Å². The van der Waals surface area contributed by atoms with Crippen molar-refractivity contribution in [2.24, 2.45) is 0 Å². The van der Waals surface area contributed by atoms with Gasteiger partial charge in [0.15, 0.2) is 12.3 Å². The van der Waals surface area contributed by atoms with Gasteiger partial charge in [-0.05, 0) is 13.0 Å². The van der Waals surface area contributed by atoms with E-state index in [0.29, 0.717) is 17.4 Å². The van der Waals surface area contributed by atoms with E-state index in [2.05, 4.69) is 19.9 Å². The van der Waals surface area contributed by atoms with Gasteiger partial charge in [0.25, 0.3) is 0 Å². The number of aromatic nitrogens is 4. The third-order valence-corrected chi connectivity index (χ3v) is 2.27. The Kier molecular flexibility index (Phi) is 2.25. The number of nitrogens with one attached hydrogen (secondary N) is 1. The van der Waals surface area contributed by atoms with Crippen molar-refractivity contribution in [2.45, 2.75) is 13.5 Å². The monoisotopic (exact) mass is 230 g/mol. The highest BCUT2D eigenvalue weighted by Gasteiger charge is 2.04. The summed E-state index contributed by atoms with van der Waals surface area (Å²) in [5, 5.41) is 0. The number of imidazole rings is 1.